The molecule has 0 radical (unpaired) electrons. The second-order valence-electron chi connectivity index (χ2n) is 1.62. The molecule has 96 valence electrons. The van der Waals surface area contributed by atoms with E-state index >= 15 is 0 Å². The average molecular weight is 388 g/mol. The van der Waals surface area contributed by atoms with Crippen LogP contribution in [0.15, 0.2) is 0 Å². The normalized spacial score (nSPS) is 10.0. The third-order valence-corrected chi connectivity index (χ3v) is 0. The number of rotatable bonds is 0. The summed E-state index contributed by atoms with van der Waals surface area (Å²) in [6.45, 7) is 0. The molecule has 0 aromatic heterocycles. The van der Waals surface area contributed by atoms with Crippen LogP contribution in [0.4, 0.5) is 0 Å². The fourth-order valence-electron chi connectivity index (χ4n) is 0. The van der Waals surface area contributed by atoms with Gasteiger partial charge in [0, 0.05) is 0 Å². The molecule has 0 saturated carbocycles. The van der Waals surface area contributed by atoms with E-state index in [4.69, 9.17) is 57.5 Å². The van der Waals surface area contributed by atoms with Crippen molar-refractivity contribution in [3.63, 3.8) is 0 Å². The first-order valence-electron chi connectivity index (χ1n) is 2.55. The Morgan fingerprint density at radius 2 is 0.556 bits per heavy atom. The molecule has 0 aliphatic rings. The third-order valence-electron chi connectivity index (χ3n) is 0. The van der Waals surface area contributed by atoms with Crippen molar-refractivity contribution in [1.29, 1.82) is 0 Å². The fraction of sp³-hybridized carbons (Fsp3) is 0. The minimum absolute atomic E-state index is 0. The van der Waals surface area contributed by atoms with Gasteiger partial charge in [0.2, 0.25) is 0 Å². The Labute approximate surface area is 175 Å². The number of hydrogen-bond donors (Lipinski definition) is 5. The van der Waals surface area contributed by atoms with E-state index < -0.39 is 27.1 Å². The summed E-state index contributed by atoms with van der Waals surface area (Å²) < 4.78 is 0. The van der Waals surface area contributed by atoms with E-state index in [1.165, 1.54) is 0 Å². The fourth-order valence-corrected chi connectivity index (χ4v) is 0. The summed E-state index contributed by atoms with van der Waals surface area (Å²) >= 11 is 0. The van der Waals surface area contributed by atoms with E-state index in [9.17, 15) is 0 Å². The van der Waals surface area contributed by atoms with Crippen molar-refractivity contribution in [2.45, 2.75) is 0 Å². The molecular weight excluding hydrogens is 383 g/mol. The molecule has 0 amide bonds. The molecule has 0 fully saturated rings. The summed E-state index contributed by atoms with van der Waals surface area (Å²) in [6.07, 6.45) is 0. The zero-order valence-corrected chi connectivity index (χ0v) is 17.2. The first-order chi connectivity index (χ1) is 6.00. The van der Waals surface area contributed by atoms with Crippen molar-refractivity contribution < 1.29 is 57.5 Å². The van der Waals surface area contributed by atoms with Crippen LogP contribution >= 0.6 is 0 Å². The van der Waals surface area contributed by atoms with Crippen molar-refractivity contribution in [3.8, 4) is 0 Å². The molecule has 0 spiro atoms. The molecule has 12 nitrogen and oxygen atoms in total. The Bertz CT molecular complexity index is 100. The minimum Gasteiger partial charge on any atom is -0.894 e. The maximum absolute atomic E-state index is 8.69. The Morgan fingerprint density at radius 3 is 0.556 bits per heavy atom. The van der Waals surface area contributed by atoms with Crippen LogP contribution in [-0.4, -0.2) is 144 Å². The van der Waals surface area contributed by atoms with Gasteiger partial charge >= 0.3 is 102 Å². The topological polar surface area (TPSA) is 263 Å². The van der Waals surface area contributed by atoms with Gasteiger partial charge in [0.1, 0.15) is 0 Å². The molecule has 0 rings (SSSR count). The van der Waals surface area contributed by atoms with Crippen molar-refractivity contribution in [2.75, 3.05) is 0 Å². The molecule has 0 saturated heterocycles. The van der Waals surface area contributed by atoms with E-state index in [1.54, 1.807) is 0 Å². The van der Waals surface area contributed by atoms with E-state index in [0.717, 1.165) is 0 Å². The standard InChI is InChI=1S/Al.2Ca.H4O4Si.HO4Si.O4Si/c;;;3*1-5(2,3)4/h;;;1-4H;1H;/q+3;2*+2;;-3;-4. The van der Waals surface area contributed by atoms with Crippen molar-refractivity contribution in [1.82, 2.24) is 0 Å². The molecule has 0 aliphatic heterocycles. The summed E-state index contributed by atoms with van der Waals surface area (Å²) in [5.41, 5.74) is 0. The maximum Gasteiger partial charge on any atom is 3.00 e. The maximum atomic E-state index is 8.69. The molecule has 0 atom stereocenters. The smallest absolute Gasteiger partial charge is 0.894 e. The van der Waals surface area contributed by atoms with Crippen LogP contribution in [0.25, 0.3) is 0 Å². The van der Waals surface area contributed by atoms with E-state index in [0.29, 0.717) is 0 Å². The molecule has 0 aromatic rings. The second kappa shape index (κ2) is 16.6. The van der Waals surface area contributed by atoms with Crippen LogP contribution in [-0.2, 0) is 0 Å². The summed E-state index contributed by atoms with van der Waals surface area (Å²) in [7, 11) is -15.6. The molecule has 0 unspecified atom stereocenters. The molecular formula is H5AlCa2O12Si3. The van der Waals surface area contributed by atoms with Gasteiger partial charge in [-0.1, -0.05) is 0 Å². The average Bonchev–Trinajstić information content (AvgIpc) is 1.41. The van der Waals surface area contributed by atoms with Crippen molar-refractivity contribution in [2.24, 2.45) is 0 Å². The second-order valence-corrected chi connectivity index (χ2v) is 4.87. The van der Waals surface area contributed by atoms with Gasteiger partial charge in [0.25, 0.3) is 0 Å². The van der Waals surface area contributed by atoms with Crippen LogP contribution in [0.2, 0.25) is 0 Å². The Balaban J connectivity index is -0.0000000277. The summed E-state index contributed by atoms with van der Waals surface area (Å²) in [5.74, 6) is 0. The van der Waals surface area contributed by atoms with Crippen LogP contribution in [0.3, 0.4) is 0 Å². The third kappa shape index (κ3) is 615. The van der Waals surface area contributed by atoms with Crippen LogP contribution in [0.1, 0.15) is 0 Å². The van der Waals surface area contributed by atoms with Crippen LogP contribution < -0.4 is 33.6 Å². The summed E-state index contributed by atoms with van der Waals surface area (Å²) in [4.78, 5) is 96.7. The Kier molecular flexibility index (Phi) is 34.5. The van der Waals surface area contributed by atoms with E-state index in [-0.39, 0.29) is 92.8 Å². The van der Waals surface area contributed by atoms with Gasteiger partial charge in [-0.15, -0.1) is 9.05 Å². The zero-order valence-electron chi connectivity index (χ0n) is 8.59. The molecule has 0 aliphatic carbocycles. The van der Waals surface area contributed by atoms with Gasteiger partial charge in [0.15, 0.2) is 0 Å². The van der Waals surface area contributed by atoms with Crippen molar-refractivity contribution >= 4 is 120 Å². The molecule has 0 bridgehead atoms. The molecule has 0 aromatic carbocycles. The summed E-state index contributed by atoms with van der Waals surface area (Å²) in [6, 6.07) is 0. The molecule has 18 heavy (non-hydrogen) atoms. The number of hydrogen-bond acceptors (Lipinski definition) is 12. The largest absolute Gasteiger partial charge is 3.00 e. The quantitative estimate of drug-likeness (QED) is 0.242. The van der Waals surface area contributed by atoms with Gasteiger partial charge in [-0.25, -0.2) is 0 Å². The van der Waals surface area contributed by atoms with Crippen molar-refractivity contribution in [3.05, 3.63) is 0 Å². The minimum atomic E-state index is -5.61. The van der Waals surface area contributed by atoms with Gasteiger partial charge in [0.05, 0.1) is 0 Å². The molecule has 5 N–H and O–H groups in total. The first kappa shape index (κ1) is 37.5. The summed E-state index contributed by atoms with van der Waals surface area (Å²) in [5, 5.41) is 0. The van der Waals surface area contributed by atoms with Gasteiger partial charge < -0.3 is 66.6 Å². The van der Waals surface area contributed by atoms with E-state index in [1.807, 2.05) is 0 Å². The van der Waals surface area contributed by atoms with Gasteiger partial charge in [-0.3, -0.25) is 0 Å². The monoisotopic (exact) mass is 388 g/mol. The van der Waals surface area contributed by atoms with Gasteiger partial charge in [-0.2, -0.15) is 0 Å². The predicted molar refractivity (Wildman–Crippen MR) is 45.6 cm³/mol. The zero-order chi connectivity index (χ0) is 13.5. The van der Waals surface area contributed by atoms with Gasteiger partial charge in [-0.05, 0) is 0 Å². The SMILES string of the molecule is O[Si](O)(O)O.[Al+3].[Ca+2].[Ca+2].[O-][Si]([O-])([O-])O.[O-][Si]([O-])([O-])[O-]. The molecule has 18 heteroatoms. The van der Waals surface area contributed by atoms with Crippen LogP contribution in [0.5, 0.6) is 0 Å². The Hall–Kier alpha value is 3.22. The Morgan fingerprint density at radius 1 is 0.556 bits per heavy atom. The predicted octanol–water partition coefficient (Wildman–Crippen LogP) is -13.4. The first-order valence-corrected chi connectivity index (χ1v) is 7.64. The van der Waals surface area contributed by atoms with E-state index in [2.05, 4.69) is 0 Å². The van der Waals surface area contributed by atoms with Crippen LogP contribution in [0, 0.1) is 0 Å². The molecule has 0 heterocycles.